The van der Waals surface area contributed by atoms with Gasteiger partial charge in [-0.2, -0.15) is 8.42 Å². The van der Waals surface area contributed by atoms with Crippen LogP contribution in [0.5, 0.6) is 5.75 Å². The lowest BCUT2D eigenvalue weighted by atomic mass is 9.88. The number of methoxy groups -OCH3 is 1. The van der Waals surface area contributed by atoms with E-state index in [-0.39, 0.29) is 6.10 Å². The Hall–Kier alpha value is -1.87. The average molecular weight is 330 g/mol. The highest BCUT2D eigenvalue weighted by Gasteiger charge is 2.38. The summed E-state index contributed by atoms with van der Waals surface area (Å²) in [6.45, 7) is -0.549. The second-order valence-electron chi connectivity index (χ2n) is 5.33. The predicted octanol–water partition coefficient (Wildman–Crippen LogP) is 0.216. The van der Waals surface area contributed by atoms with E-state index in [2.05, 4.69) is 0 Å². The van der Waals surface area contributed by atoms with Crippen LogP contribution in [0.25, 0.3) is 0 Å². The molecule has 1 amide bonds. The van der Waals surface area contributed by atoms with Crippen molar-refractivity contribution in [3.8, 4) is 5.75 Å². The molecule has 0 spiro atoms. The summed E-state index contributed by atoms with van der Waals surface area (Å²) in [6, 6.07) is 1.34. The van der Waals surface area contributed by atoms with E-state index < -0.39 is 39.9 Å². The summed E-state index contributed by atoms with van der Waals surface area (Å²) >= 11 is 0. The number of ether oxygens (including phenoxy) is 1. The maximum Gasteiger partial charge on any atom is 0.326 e. The van der Waals surface area contributed by atoms with Crippen LogP contribution in [-0.4, -0.2) is 39.2 Å². The van der Waals surface area contributed by atoms with Gasteiger partial charge in [0.2, 0.25) is 0 Å². The van der Waals surface area contributed by atoms with Crippen LogP contribution >= 0.6 is 0 Å². The molecule has 1 fully saturated rings. The number of rotatable bonds is 2. The molecule has 120 valence electrons. The van der Waals surface area contributed by atoms with Crippen LogP contribution in [0.3, 0.4) is 0 Å². The van der Waals surface area contributed by atoms with E-state index in [9.17, 15) is 22.7 Å². The summed E-state index contributed by atoms with van der Waals surface area (Å²) in [6.07, 6.45) is 1.37. The van der Waals surface area contributed by atoms with Gasteiger partial charge >= 0.3 is 10.2 Å². The van der Waals surface area contributed by atoms with E-state index in [1.54, 1.807) is 11.8 Å². The van der Waals surface area contributed by atoms with Crippen molar-refractivity contribution in [2.24, 2.45) is 0 Å². The van der Waals surface area contributed by atoms with Gasteiger partial charge in [-0.05, 0) is 36.5 Å². The molecular weight excluding hydrogens is 315 g/mol. The lowest BCUT2D eigenvalue weighted by Crippen LogP contribution is -2.31. The third kappa shape index (κ3) is 2.30. The highest BCUT2D eigenvalue weighted by atomic mass is 32.2. The van der Waals surface area contributed by atoms with E-state index in [0.29, 0.717) is 34.7 Å². The fraction of sp³-hybridized carbons (Fsp3) is 0.462. The smallest absolute Gasteiger partial charge is 0.326 e. The number of fused-ring (bicyclic) bond motifs is 1. The Morgan fingerprint density at radius 3 is 2.82 bits per heavy atom. The number of carbonyl (C=O) groups is 1. The van der Waals surface area contributed by atoms with Crippen molar-refractivity contribution in [1.82, 2.24) is 4.72 Å². The Labute approximate surface area is 126 Å². The summed E-state index contributed by atoms with van der Waals surface area (Å²) in [7, 11) is -2.60. The van der Waals surface area contributed by atoms with Crippen molar-refractivity contribution in [2.75, 3.05) is 18.0 Å². The SMILES string of the molecule is COC1CCc2c(cc(O)c(N3CC(=O)NS3(=O)=O)c2F)C1. The van der Waals surface area contributed by atoms with E-state index >= 15 is 0 Å². The minimum Gasteiger partial charge on any atom is -0.506 e. The molecule has 1 aliphatic carbocycles. The highest BCUT2D eigenvalue weighted by molar-refractivity contribution is 7.92. The molecule has 22 heavy (non-hydrogen) atoms. The second kappa shape index (κ2) is 5.10. The first-order valence-electron chi connectivity index (χ1n) is 6.73. The molecule has 7 nitrogen and oxygen atoms in total. The van der Waals surface area contributed by atoms with Crippen LogP contribution in [0.15, 0.2) is 6.07 Å². The molecule has 0 radical (unpaired) electrons. The van der Waals surface area contributed by atoms with Crippen molar-refractivity contribution < 1.29 is 27.4 Å². The minimum atomic E-state index is -4.17. The first-order valence-corrected chi connectivity index (χ1v) is 8.17. The number of phenols is 1. The number of carbonyl (C=O) groups excluding carboxylic acids is 1. The maximum atomic E-state index is 14.7. The van der Waals surface area contributed by atoms with Crippen LogP contribution in [0.4, 0.5) is 10.1 Å². The Morgan fingerprint density at radius 2 is 2.23 bits per heavy atom. The molecule has 1 aromatic rings. The molecule has 1 aromatic carbocycles. The van der Waals surface area contributed by atoms with Gasteiger partial charge < -0.3 is 9.84 Å². The molecule has 0 saturated carbocycles. The summed E-state index contributed by atoms with van der Waals surface area (Å²) in [4.78, 5) is 11.3. The Balaban J connectivity index is 2.10. The standard InChI is InChI=1S/C13H15FN2O5S/c1-21-8-2-3-9-7(4-8)5-10(17)13(12(9)14)16-6-11(18)15-22(16,19)20/h5,8,17H,2-4,6H2,1H3,(H,15,18). The van der Waals surface area contributed by atoms with Crippen LogP contribution < -0.4 is 9.03 Å². The third-order valence-electron chi connectivity index (χ3n) is 3.98. The molecule has 0 bridgehead atoms. The molecule has 1 unspecified atom stereocenters. The Bertz CT molecular complexity index is 749. The lowest BCUT2D eigenvalue weighted by molar-refractivity contribution is -0.117. The van der Waals surface area contributed by atoms with Gasteiger partial charge in [-0.3, -0.25) is 4.79 Å². The fourth-order valence-corrected chi connectivity index (χ4v) is 4.07. The van der Waals surface area contributed by atoms with Gasteiger partial charge in [0, 0.05) is 7.11 Å². The molecule has 1 heterocycles. The normalized spacial score (nSPS) is 23.3. The monoisotopic (exact) mass is 330 g/mol. The third-order valence-corrected chi connectivity index (χ3v) is 5.36. The molecular formula is C13H15FN2O5S. The quantitative estimate of drug-likeness (QED) is 0.808. The molecule has 1 saturated heterocycles. The van der Waals surface area contributed by atoms with Gasteiger partial charge in [0.25, 0.3) is 5.91 Å². The number of nitrogens with one attached hydrogen (secondary N) is 1. The number of benzene rings is 1. The largest absolute Gasteiger partial charge is 0.506 e. The average Bonchev–Trinajstić information content (AvgIpc) is 2.71. The van der Waals surface area contributed by atoms with Crippen molar-refractivity contribution in [1.29, 1.82) is 0 Å². The molecule has 1 atom stereocenters. The Kier molecular flexibility index (Phi) is 3.48. The molecule has 2 N–H and O–H groups in total. The first kappa shape index (κ1) is 15.0. The lowest BCUT2D eigenvalue weighted by Gasteiger charge is -2.26. The molecule has 0 aromatic heterocycles. The van der Waals surface area contributed by atoms with Gasteiger partial charge in [-0.15, -0.1) is 0 Å². The van der Waals surface area contributed by atoms with Gasteiger partial charge in [-0.1, -0.05) is 0 Å². The topological polar surface area (TPSA) is 95.9 Å². The number of anilines is 1. The number of amides is 1. The molecule has 2 aliphatic rings. The van der Waals surface area contributed by atoms with E-state index in [4.69, 9.17) is 4.74 Å². The van der Waals surface area contributed by atoms with E-state index in [1.165, 1.54) is 6.07 Å². The second-order valence-corrected chi connectivity index (χ2v) is 6.93. The number of aromatic hydroxyl groups is 1. The van der Waals surface area contributed by atoms with Gasteiger partial charge in [-0.25, -0.2) is 13.4 Å². The van der Waals surface area contributed by atoms with Gasteiger partial charge in [0.1, 0.15) is 18.0 Å². The van der Waals surface area contributed by atoms with Crippen LogP contribution in [0, 0.1) is 5.82 Å². The summed E-state index contributed by atoms with van der Waals surface area (Å²) in [5, 5.41) is 10.1. The van der Waals surface area contributed by atoms with Gasteiger partial charge in [0.05, 0.1) is 6.10 Å². The summed E-state index contributed by atoms with van der Waals surface area (Å²) < 4.78 is 46.0. The minimum absolute atomic E-state index is 0.0593. The number of phenolic OH excluding ortho intramolecular Hbond substituents is 1. The number of hydrogen-bond donors (Lipinski definition) is 2. The maximum absolute atomic E-state index is 14.7. The molecule has 3 rings (SSSR count). The zero-order valence-electron chi connectivity index (χ0n) is 11.8. The Morgan fingerprint density at radius 1 is 1.50 bits per heavy atom. The van der Waals surface area contributed by atoms with Crippen molar-refractivity contribution in [2.45, 2.75) is 25.4 Å². The molecule has 1 aliphatic heterocycles. The zero-order valence-corrected chi connectivity index (χ0v) is 12.6. The van der Waals surface area contributed by atoms with Gasteiger partial charge in [0.15, 0.2) is 5.82 Å². The fourth-order valence-electron chi connectivity index (χ4n) is 2.91. The summed E-state index contributed by atoms with van der Waals surface area (Å²) in [5.74, 6) is -2.08. The molecule has 9 heteroatoms. The van der Waals surface area contributed by atoms with Crippen LogP contribution in [0.1, 0.15) is 17.5 Å². The van der Waals surface area contributed by atoms with Crippen LogP contribution in [0.2, 0.25) is 0 Å². The first-order chi connectivity index (χ1) is 10.3. The van der Waals surface area contributed by atoms with Crippen molar-refractivity contribution >= 4 is 21.8 Å². The van der Waals surface area contributed by atoms with Crippen molar-refractivity contribution in [3.63, 3.8) is 0 Å². The van der Waals surface area contributed by atoms with E-state index in [1.807, 2.05) is 0 Å². The highest BCUT2D eigenvalue weighted by Crippen LogP contribution is 2.39. The van der Waals surface area contributed by atoms with Crippen molar-refractivity contribution in [3.05, 3.63) is 23.0 Å². The predicted molar refractivity (Wildman–Crippen MR) is 75.3 cm³/mol. The number of halogens is 1. The van der Waals surface area contributed by atoms with Crippen LogP contribution in [-0.2, 0) is 32.6 Å². The summed E-state index contributed by atoms with van der Waals surface area (Å²) in [5.41, 5.74) is 0.469. The number of nitrogens with zero attached hydrogens (tertiary/aromatic N) is 1. The number of hydrogen-bond acceptors (Lipinski definition) is 5. The zero-order chi connectivity index (χ0) is 16.1. The van der Waals surface area contributed by atoms with E-state index in [0.717, 1.165) is 0 Å².